The van der Waals surface area contributed by atoms with Gasteiger partial charge >= 0.3 is 5.97 Å². The van der Waals surface area contributed by atoms with Crippen molar-refractivity contribution in [2.24, 2.45) is 0 Å². The van der Waals surface area contributed by atoms with Gasteiger partial charge in [0.25, 0.3) is 0 Å². The summed E-state index contributed by atoms with van der Waals surface area (Å²) in [5.74, 6) is -1.25. The van der Waals surface area contributed by atoms with Crippen LogP contribution in [-0.4, -0.2) is 51.2 Å². The molecule has 8 nitrogen and oxygen atoms in total. The fraction of sp³-hybridized carbons (Fsp3) is 0.600. The molecule has 0 saturated carbocycles. The number of carboxylic acids is 1. The molecule has 0 aliphatic carbocycles. The van der Waals surface area contributed by atoms with Crippen LogP contribution < -0.4 is 5.32 Å². The number of hydrogen-bond acceptors (Lipinski definition) is 5. The zero-order valence-corrected chi connectivity index (χ0v) is 9.70. The average molecular weight is 254 g/mol. The lowest BCUT2D eigenvalue weighted by molar-refractivity contribution is -0.130. The van der Waals surface area contributed by atoms with Crippen molar-refractivity contribution in [1.82, 2.24) is 20.3 Å². The van der Waals surface area contributed by atoms with Crippen LogP contribution in [-0.2, 0) is 16.1 Å². The summed E-state index contributed by atoms with van der Waals surface area (Å²) in [7, 11) is 0. The lowest BCUT2D eigenvalue weighted by atomic mass is 10.2. The Morgan fingerprint density at radius 2 is 2.44 bits per heavy atom. The molecule has 1 atom stereocenters. The van der Waals surface area contributed by atoms with E-state index in [1.54, 1.807) is 0 Å². The van der Waals surface area contributed by atoms with E-state index in [0.717, 1.165) is 12.8 Å². The van der Waals surface area contributed by atoms with E-state index in [4.69, 9.17) is 9.84 Å². The molecular formula is C10H14N4O4. The van der Waals surface area contributed by atoms with Gasteiger partial charge in [0.15, 0.2) is 5.69 Å². The van der Waals surface area contributed by atoms with Crippen molar-refractivity contribution in [2.75, 3.05) is 13.2 Å². The summed E-state index contributed by atoms with van der Waals surface area (Å²) in [5.41, 5.74) is -0.111. The van der Waals surface area contributed by atoms with Gasteiger partial charge in [0.1, 0.15) is 6.10 Å². The molecule has 0 radical (unpaired) electrons. The molecule has 18 heavy (non-hydrogen) atoms. The summed E-state index contributed by atoms with van der Waals surface area (Å²) in [5, 5.41) is 18.5. The highest BCUT2D eigenvalue weighted by Crippen LogP contribution is 2.11. The molecule has 0 aromatic carbocycles. The Morgan fingerprint density at radius 3 is 3.06 bits per heavy atom. The highest BCUT2D eigenvalue weighted by Gasteiger charge is 2.22. The Bertz CT molecular complexity index is 439. The third-order valence-corrected chi connectivity index (χ3v) is 2.62. The molecule has 1 unspecified atom stereocenters. The Labute approximate surface area is 103 Å². The van der Waals surface area contributed by atoms with E-state index in [9.17, 15) is 9.59 Å². The number of aromatic carboxylic acids is 1. The van der Waals surface area contributed by atoms with Gasteiger partial charge in [0, 0.05) is 13.2 Å². The molecule has 1 fully saturated rings. The van der Waals surface area contributed by atoms with E-state index in [2.05, 4.69) is 15.6 Å². The molecule has 0 spiro atoms. The van der Waals surface area contributed by atoms with E-state index in [-0.39, 0.29) is 17.7 Å². The van der Waals surface area contributed by atoms with Gasteiger partial charge in [-0.25, -0.2) is 9.48 Å². The molecule has 1 amide bonds. The number of hydrogen-bond donors (Lipinski definition) is 2. The van der Waals surface area contributed by atoms with Gasteiger partial charge in [0.05, 0.1) is 12.7 Å². The molecule has 1 aromatic rings. The number of carboxylic acid groups (broad SMARTS) is 1. The Morgan fingerprint density at radius 1 is 1.61 bits per heavy atom. The minimum absolute atomic E-state index is 0.111. The van der Waals surface area contributed by atoms with Gasteiger partial charge in [-0.2, -0.15) is 0 Å². The Hall–Kier alpha value is -1.96. The van der Waals surface area contributed by atoms with E-state index < -0.39 is 5.97 Å². The quantitative estimate of drug-likeness (QED) is 0.717. The SMILES string of the molecule is O=C(O)c1cn(CCNC(=O)C2CCCO2)nn1. The molecule has 1 aliphatic heterocycles. The number of nitrogens with zero attached hydrogens (tertiary/aromatic N) is 3. The summed E-state index contributed by atoms with van der Waals surface area (Å²) in [4.78, 5) is 22.1. The first-order valence-electron chi connectivity index (χ1n) is 5.69. The minimum Gasteiger partial charge on any atom is -0.476 e. The second-order valence-corrected chi connectivity index (χ2v) is 3.96. The monoisotopic (exact) mass is 254 g/mol. The summed E-state index contributed by atoms with van der Waals surface area (Å²) in [6, 6.07) is 0. The van der Waals surface area contributed by atoms with Gasteiger partial charge in [-0.1, -0.05) is 5.21 Å². The molecule has 0 bridgehead atoms. The molecule has 1 saturated heterocycles. The molecule has 98 valence electrons. The molecule has 1 aromatic heterocycles. The first-order chi connectivity index (χ1) is 8.66. The van der Waals surface area contributed by atoms with Crippen LogP contribution in [0.25, 0.3) is 0 Å². The number of rotatable bonds is 5. The number of ether oxygens (including phenoxy) is 1. The highest BCUT2D eigenvalue weighted by atomic mass is 16.5. The Kier molecular flexibility index (Phi) is 3.88. The van der Waals surface area contributed by atoms with Crippen molar-refractivity contribution in [2.45, 2.75) is 25.5 Å². The van der Waals surface area contributed by atoms with Crippen molar-refractivity contribution >= 4 is 11.9 Å². The maximum absolute atomic E-state index is 11.6. The van der Waals surface area contributed by atoms with Crippen molar-refractivity contribution in [3.63, 3.8) is 0 Å². The zero-order valence-electron chi connectivity index (χ0n) is 9.70. The number of nitrogens with one attached hydrogen (secondary N) is 1. The summed E-state index contributed by atoms with van der Waals surface area (Å²) >= 11 is 0. The van der Waals surface area contributed by atoms with Gasteiger partial charge < -0.3 is 15.2 Å². The topological polar surface area (TPSA) is 106 Å². The molecular weight excluding hydrogens is 240 g/mol. The highest BCUT2D eigenvalue weighted by molar-refractivity contribution is 5.84. The van der Waals surface area contributed by atoms with Crippen LogP contribution in [0.2, 0.25) is 0 Å². The van der Waals surface area contributed by atoms with Crippen LogP contribution in [0.4, 0.5) is 0 Å². The average Bonchev–Trinajstić information content (AvgIpc) is 3.00. The van der Waals surface area contributed by atoms with Crippen LogP contribution in [0.5, 0.6) is 0 Å². The van der Waals surface area contributed by atoms with Crippen molar-refractivity contribution < 1.29 is 19.4 Å². The second-order valence-electron chi connectivity index (χ2n) is 3.96. The Balaban J connectivity index is 1.74. The normalized spacial score (nSPS) is 18.8. The molecule has 8 heteroatoms. The maximum Gasteiger partial charge on any atom is 0.358 e. The van der Waals surface area contributed by atoms with Crippen LogP contribution in [0.3, 0.4) is 0 Å². The summed E-state index contributed by atoms with van der Waals surface area (Å²) < 4.78 is 6.60. The van der Waals surface area contributed by atoms with Crippen LogP contribution >= 0.6 is 0 Å². The lowest BCUT2D eigenvalue weighted by Gasteiger charge is -2.09. The maximum atomic E-state index is 11.6. The number of amides is 1. The van der Waals surface area contributed by atoms with Gasteiger partial charge in [-0.15, -0.1) is 5.10 Å². The van der Waals surface area contributed by atoms with Crippen LogP contribution in [0, 0.1) is 0 Å². The van der Waals surface area contributed by atoms with Crippen molar-refractivity contribution in [1.29, 1.82) is 0 Å². The van der Waals surface area contributed by atoms with E-state index in [0.29, 0.717) is 19.7 Å². The van der Waals surface area contributed by atoms with Gasteiger partial charge in [0.2, 0.25) is 5.91 Å². The second kappa shape index (κ2) is 5.58. The zero-order chi connectivity index (χ0) is 13.0. The number of carbonyl (C=O) groups excluding carboxylic acids is 1. The summed E-state index contributed by atoms with van der Waals surface area (Å²) in [6.45, 7) is 1.36. The van der Waals surface area contributed by atoms with Crippen molar-refractivity contribution in [3.05, 3.63) is 11.9 Å². The van der Waals surface area contributed by atoms with Gasteiger partial charge in [-0.3, -0.25) is 4.79 Å². The van der Waals surface area contributed by atoms with E-state index in [1.807, 2.05) is 0 Å². The minimum atomic E-state index is -1.12. The lowest BCUT2D eigenvalue weighted by Crippen LogP contribution is -2.36. The molecule has 2 rings (SSSR count). The molecule has 2 N–H and O–H groups in total. The van der Waals surface area contributed by atoms with E-state index in [1.165, 1.54) is 10.9 Å². The molecule has 1 aliphatic rings. The number of carbonyl (C=O) groups is 2. The van der Waals surface area contributed by atoms with Gasteiger partial charge in [-0.05, 0) is 12.8 Å². The third kappa shape index (κ3) is 3.04. The first kappa shape index (κ1) is 12.5. The summed E-state index contributed by atoms with van der Waals surface area (Å²) in [6.07, 6.45) is 2.62. The number of aromatic nitrogens is 3. The van der Waals surface area contributed by atoms with Crippen LogP contribution in [0.1, 0.15) is 23.3 Å². The molecule has 2 heterocycles. The predicted molar refractivity (Wildman–Crippen MR) is 59.0 cm³/mol. The largest absolute Gasteiger partial charge is 0.476 e. The van der Waals surface area contributed by atoms with E-state index >= 15 is 0 Å². The van der Waals surface area contributed by atoms with Crippen molar-refractivity contribution in [3.8, 4) is 0 Å². The fourth-order valence-electron chi connectivity index (χ4n) is 1.70. The smallest absolute Gasteiger partial charge is 0.358 e. The fourth-order valence-corrected chi connectivity index (χ4v) is 1.70. The first-order valence-corrected chi connectivity index (χ1v) is 5.69. The third-order valence-electron chi connectivity index (χ3n) is 2.62. The predicted octanol–water partition coefficient (Wildman–Crippen LogP) is -0.728. The van der Waals surface area contributed by atoms with Crippen LogP contribution in [0.15, 0.2) is 6.20 Å². The standard InChI is InChI=1S/C10H14N4O4/c15-9(8-2-1-5-18-8)11-3-4-14-6-7(10(16)17)12-13-14/h6,8H,1-5H2,(H,11,15)(H,16,17).